The van der Waals surface area contributed by atoms with Gasteiger partial charge in [-0.25, -0.2) is 4.98 Å². The molecule has 3 N–H and O–H groups in total. The van der Waals surface area contributed by atoms with Crippen LogP contribution in [-0.2, 0) is 0 Å². The summed E-state index contributed by atoms with van der Waals surface area (Å²) in [6.45, 7) is 1.76. The Morgan fingerprint density at radius 2 is 2.11 bits per heavy atom. The van der Waals surface area contributed by atoms with Crippen LogP contribution in [0.15, 0.2) is 29.0 Å². The molecule has 0 aromatic carbocycles. The van der Waals surface area contributed by atoms with Crippen LogP contribution >= 0.6 is 0 Å². The smallest absolute Gasteiger partial charge is 0.139 e. The average Bonchev–Trinajstić information content (AvgIpc) is 2.94. The fourth-order valence-electron chi connectivity index (χ4n) is 3.13. The summed E-state index contributed by atoms with van der Waals surface area (Å²) in [5.41, 5.74) is 6.76. The van der Waals surface area contributed by atoms with Crippen LogP contribution in [0.25, 0.3) is 11.0 Å². The molecule has 0 spiro atoms. The van der Waals surface area contributed by atoms with Crippen molar-refractivity contribution in [2.24, 2.45) is 17.6 Å². The number of hydrogen-bond donors (Lipinski definition) is 2. The third kappa shape index (κ3) is 2.59. The normalized spacial score (nSPS) is 23.6. The van der Waals surface area contributed by atoms with Crippen molar-refractivity contribution in [2.75, 3.05) is 18.4 Å². The van der Waals surface area contributed by atoms with Crippen LogP contribution in [0, 0.1) is 11.8 Å². The van der Waals surface area contributed by atoms with Gasteiger partial charge in [-0.2, -0.15) is 0 Å². The first-order valence-corrected chi connectivity index (χ1v) is 7.14. The standard InChI is InChI=1S/C15H21N3O/c16-9-11-3-1-2-4-12(11)10-18-15-13-6-8-19-14(13)5-7-17-15/h5-8,11-12H,1-4,9-10,16H2,(H,17,18). The molecule has 0 bridgehead atoms. The van der Waals surface area contributed by atoms with Crippen LogP contribution in [0.2, 0.25) is 0 Å². The van der Waals surface area contributed by atoms with Crippen LogP contribution in [0.1, 0.15) is 25.7 Å². The van der Waals surface area contributed by atoms with Gasteiger partial charge >= 0.3 is 0 Å². The van der Waals surface area contributed by atoms with Gasteiger partial charge < -0.3 is 15.5 Å². The zero-order valence-electron chi connectivity index (χ0n) is 11.1. The van der Waals surface area contributed by atoms with E-state index >= 15 is 0 Å². The van der Waals surface area contributed by atoms with Gasteiger partial charge in [0.05, 0.1) is 11.6 Å². The molecule has 102 valence electrons. The topological polar surface area (TPSA) is 64.1 Å². The van der Waals surface area contributed by atoms with E-state index in [1.165, 1.54) is 25.7 Å². The molecule has 0 amide bonds. The van der Waals surface area contributed by atoms with E-state index in [4.69, 9.17) is 10.2 Å². The number of anilines is 1. The van der Waals surface area contributed by atoms with E-state index in [1.807, 2.05) is 12.1 Å². The molecular formula is C15H21N3O. The predicted octanol–water partition coefficient (Wildman–Crippen LogP) is 3.00. The summed E-state index contributed by atoms with van der Waals surface area (Å²) in [6.07, 6.45) is 8.69. The predicted molar refractivity (Wildman–Crippen MR) is 77.0 cm³/mol. The molecule has 0 aliphatic heterocycles. The maximum absolute atomic E-state index is 5.88. The van der Waals surface area contributed by atoms with E-state index in [0.717, 1.165) is 29.9 Å². The quantitative estimate of drug-likeness (QED) is 0.886. The monoisotopic (exact) mass is 259 g/mol. The lowest BCUT2D eigenvalue weighted by molar-refractivity contribution is 0.255. The molecule has 4 heteroatoms. The van der Waals surface area contributed by atoms with Crippen molar-refractivity contribution in [3.8, 4) is 0 Å². The second-order valence-electron chi connectivity index (χ2n) is 5.41. The van der Waals surface area contributed by atoms with Crippen molar-refractivity contribution in [3.05, 3.63) is 24.6 Å². The minimum absolute atomic E-state index is 0.657. The van der Waals surface area contributed by atoms with Gasteiger partial charge in [-0.15, -0.1) is 0 Å². The van der Waals surface area contributed by atoms with E-state index in [2.05, 4.69) is 10.3 Å². The van der Waals surface area contributed by atoms with E-state index in [0.29, 0.717) is 11.8 Å². The first-order chi connectivity index (χ1) is 9.38. The van der Waals surface area contributed by atoms with Crippen LogP contribution in [0.3, 0.4) is 0 Å². The zero-order chi connectivity index (χ0) is 13.1. The highest BCUT2D eigenvalue weighted by Gasteiger charge is 2.23. The number of aromatic nitrogens is 1. The summed E-state index contributed by atoms with van der Waals surface area (Å²) in [5.74, 6) is 2.25. The number of nitrogens with zero attached hydrogens (tertiary/aromatic N) is 1. The molecule has 0 saturated heterocycles. The highest BCUT2D eigenvalue weighted by atomic mass is 16.3. The number of pyridine rings is 1. The van der Waals surface area contributed by atoms with Gasteiger partial charge in [-0.3, -0.25) is 0 Å². The highest BCUT2D eigenvalue weighted by molar-refractivity contribution is 5.87. The number of furan rings is 1. The number of fused-ring (bicyclic) bond motifs is 1. The molecule has 3 rings (SSSR count). The third-order valence-corrected chi connectivity index (χ3v) is 4.28. The Kier molecular flexibility index (Phi) is 3.69. The lowest BCUT2D eigenvalue weighted by Crippen LogP contribution is -2.31. The molecular weight excluding hydrogens is 238 g/mol. The molecule has 2 aromatic heterocycles. The fourth-order valence-corrected chi connectivity index (χ4v) is 3.13. The summed E-state index contributed by atoms with van der Waals surface area (Å²) in [5, 5.41) is 4.54. The summed E-state index contributed by atoms with van der Waals surface area (Å²) in [4.78, 5) is 4.41. The van der Waals surface area contributed by atoms with Gasteiger partial charge in [0.1, 0.15) is 11.4 Å². The molecule has 0 radical (unpaired) electrons. The number of rotatable bonds is 4. The molecule has 4 nitrogen and oxygen atoms in total. The van der Waals surface area contributed by atoms with Crippen molar-refractivity contribution >= 4 is 16.8 Å². The van der Waals surface area contributed by atoms with Crippen LogP contribution < -0.4 is 11.1 Å². The average molecular weight is 259 g/mol. The Morgan fingerprint density at radius 1 is 1.26 bits per heavy atom. The summed E-state index contributed by atoms with van der Waals surface area (Å²) in [7, 11) is 0. The maximum atomic E-state index is 5.88. The van der Waals surface area contributed by atoms with Gasteiger partial charge in [0.25, 0.3) is 0 Å². The molecule has 19 heavy (non-hydrogen) atoms. The Labute approximate surface area is 113 Å². The molecule has 1 fully saturated rings. The van der Waals surface area contributed by atoms with E-state index < -0.39 is 0 Å². The third-order valence-electron chi connectivity index (χ3n) is 4.28. The SMILES string of the molecule is NCC1CCCCC1CNc1nccc2occc12. The van der Waals surface area contributed by atoms with Crippen LogP contribution in [-0.4, -0.2) is 18.1 Å². The first kappa shape index (κ1) is 12.5. The molecule has 2 heterocycles. The molecule has 1 aliphatic rings. The van der Waals surface area contributed by atoms with E-state index in [-0.39, 0.29) is 0 Å². The fraction of sp³-hybridized carbons (Fsp3) is 0.533. The minimum Gasteiger partial charge on any atom is -0.464 e. The Balaban J connectivity index is 1.69. The maximum Gasteiger partial charge on any atom is 0.139 e. The van der Waals surface area contributed by atoms with Crippen molar-refractivity contribution in [3.63, 3.8) is 0 Å². The van der Waals surface area contributed by atoms with Crippen LogP contribution in [0.4, 0.5) is 5.82 Å². The lowest BCUT2D eigenvalue weighted by Gasteiger charge is -2.30. The Hall–Kier alpha value is -1.55. The first-order valence-electron chi connectivity index (χ1n) is 7.14. The molecule has 2 atom stereocenters. The minimum atomic E-state index is 0.657. The zero-order valence-corrected chi connectivity index (χ0v) is 11.1. The highest BCUT2D eigenvalue weighted by Crippen LogP contribution is 2.30. The van der Waals surface area contributed by atoms with Crippen molar-refractivity contribution in [2.45, 2.75) is 25.7 Å². The summed E-state index contributed by atoms with van der Waals surface area (Å²) < 4.78 is 5.39. The van der Waals surface area contributed by atoms with Crippen LogP contribution in [0.5, 0.6) is 0 Å². The number of hydrogen-bond acceptors (Lipinski definition) is 4. The second kappa shape index (κ2) is 5.61. The van der Waals surface area contributed by atoms with Gasteiger partial charge in [0.15, 0.2) is 0 Å². The van der Waals surface area contributed by atoms with E-state index in [1.54, 1.807) is 12.5 Å². The van der Waals surface area contributed by atoms with Crippen molar-refractivity contribution < 1.29 is 4.42 Å². The Morgan fingerprint density at radius 3 is 2.95 bits per heavy atom. The van der Waals surface area contributed by atoms with Crippen molar-refractivity contribution in [1.82, 2.24) is 4.98 Å². The summed E-state index contributed by atoms with van der Waals surface area (Å²) in [6, 6.07) is 3.86. The van der Waals surface area contributed by atoms with Gasteiger partial charge in [0.2, 0.25) is 0 Å². The molecule has 1 aliphatic carbocycles. The molecule has 1 saturated carbocycles. The van der Waals surface area contributed by atoms with E-state index in [9.17, 15) is 0 Å². The number of nitrogens with two attached hydrogens (primary N) is 1. The Bertz CT molecular complexity index is 537. The largest absolute Gasteiger partial charge is 0.464 e. The second-order valence-corrected chi connectivity index (χ2v) is 5.41. The number of nitrogens with one attached hydrogen (secondary N) is 1. The van der Waals surface area contributed by atoms with Gasteiger partial charge in [-0.1, -0.05) is 12.8 Å². The van der Waals surface area contributed by atoms with Crippen molar-refractivity contribution in [1.29, 1.82) is 0 Å². The van der Waals surface area contributed by atoms with Gasteiger partial charge in [0, 0.05) is 12.7 Å². The van der Waals surface area contributed by atoms with Gasteiger partial charge in [-0.05, 0) is 43.4 Å². The lowest BCUT2D eigenvalue weighted by atomic mass is 9.79. The molecule has 2 aromatic rings. The molecule has 2 unspecified atom stereocenters. The summed E-state index contributed by atoms with van der Waals surface area (Å²) >= 11 is 0.